The van der Waals surface area contributed by atoms with Crippen LogP contribution in [0.3, 0.4) is 0 Å². The quantitative estimate of drug-likeness (QED) is 0.922. The molecular formula is C14H20ClNOS. The highest BCUT2D eigenvalue weighted by Gasteiger charge is 2.22. The number of benzene rings is 1. The molecule has 0 heterocycles. The molecular weight excluding hydrogens is 266 g/mol. The largest absolute Gasteiger partial charge is 0.327 e. The molecule has 0 radical (unpaired) electrons. The molecule has 0 amide bonds. The molecule has 0 aromatic heterocycles. The van der Waals surface area contributed by atoms with Crippen molar-refractivity contribution < 1.29 is 4.21 Å². The molecule has 2 N–H and O–H groups in total. The summed E-state index contributed by atoms with van der Waals surface area (Å²) in [6.07, 6.45) is 6.23. The van der Waals surface area contributed by atoms with E-state index in [0.717, 1.165) is 4.90 Å². The number of nitrogens with two attached hydrogens (primary N) is 1. The minimum atomic E-state index is -1.03. The average molecular weight is 286 g/mol. The van der Waals surface area contributed by atoms with Gasteiger partial charge in [-0.15, -0.1) is 0 Å². The van der Waals surface area contributed by atoms with Gasteiger partial charge in [-0.05, 0) is 37.0 Å². The van der Waals surface area contributed by atoms with Gasteiger partial charge in [0, 0.05) is 21.7 Å². The fourth-order valence-electron chi connectivity index (χ4n) is 2.58. The highest BCUT2D eigenvalue weighted by Crippen LogP contribution is 2.26. The Morgan fingerprint density at radius 3 is 2.72 bits per heavy atom. The molecule has 0 spiro atoms. The van der Waals surface area contributed by atoms with Crippen molar-refractivity contribution in [1.29, 1.82) is 0 Å². The second-order valence-corrected chi connectivity index (χ2v) is 6.96. The second-order valence-electron chi connectivity index (χ2n) is 5.03. The van der Waals surface area contributed by atoms with Gasteiger partial charge in [0.15, 0.2) is 0 Å². The standard InChI is InChI=1S/C14H20ClNOS/c15-12-7-4-8-13(9-12)18(17)10-14(16)11-5-2-1-3-6-11/h4,7-9,11,14H,1-3,5-6,10,16H2. The first-order chi connectivity index (χ1) is 8.66. The summed E-state index contributed by atoms with van der Waals surface area (Å²) in [4.78, 5) is 0.786. The van der Waals surface area contributed by atoms with Crippen LogP contribution in [0.25, 0.3) is 0 Å². The van der Waals surface area contributed by atoms with Gasteiger partial charge in [-0.25, -0.2) is 0 Å². The first-order valence-electron chi connectivity index (χ1n) is 6.56. The number of hydrogen-bond donors (Lipinski definition) is 1. The van der Waals surface area contributed by atoms with Crippen molar-refractivity contribution in [2.75, 3.05) is 5.75 Å². The minimum Gasteiger partial charge on any atom is -0.327 e. The van der Waals surface area contributed by atoms with Crippen LogP contribution < -0.4 is 5.73 Å². The van der Waals surface area contributed by atoms with E-state index in [-0.39, 0.29) is 6.04 Å². The molecule has 1 aliphatic carbocycles. The van der Waals surface area contributed by atoms with Crippen LogP contribution in [0.1, 0.15) is 32.1 Å². The Hall–Kier alpha value is -0.380. The van der Waals surface area contributed by atoms with E-state index in [0.29, 0.717) is 16.7 Å². The van der Waals surface area contributed by atoms with Crippen LogP contribution in [-0.4, -0.2) is 16.0 Å². The molecule has 100 valence electrons. The maximum Gasteiger partial charge on any atom is 0.0545 e. The highest BCUT2D eigenvalue weighted by atomic mass is 35.5. The van der Waals surface area contributed by atoms with Gasteiger partial charge in [-0.2, -0.15) is 0 Å². The maximum atomic E-state index is 12.2. The Bertz CT molecular complexity index is 418. The van der Waals surface area contributed by atoms with Crippen molar-refractivity contribution in [2.45, 2.75) is 43.0 Å². The van der Waals surface area contributed by atoms with Crippen molar-refractivity contribution >= 4 is 22.4 Å². The Kier molecular flexibility index (Phi) is 5.22. The van der Waals surface area contributed by atoms with Gasteiger partial charge in [0.05, 0.1) is 10.8 Å². The summed E-state index contributed by atoms with van der Waals surface area (Å²) < 4.78 is 12.2. The van der Waals surface area contributed by atoms with E-state index < -0.39 is 10.8 Å². The molecule has 1 aromatic carbocycles. The van der Waals surface area contributed by atoms with E-state index in [2.05, 4.69) is 0 Å². The van der Waals surface area contributed by atoms with Crippen molar-refractivity contribution in [3.63, 3.8) is 0 Å². The van der Waals surface area contributed by atoms with E-state index >= 15 is 0 Å². The SMILES string of the molecule is NC(CS(=O)c1cccc(Cl)c1)C1CCCCC1. The number of halogens is 1. The van der Waals surface area contributed by atoms with Crippen molar-refractivity contribution in [3.8, 4) is 0 Å². The van der Waals surface area contributed by atoms with E-state index in [9.17, 15) is 4.21 Å². The molecule has 1 aliphatic rings. The van der Waals surface area contributed by atoms with Crippen molar-refractivity contribution in [3.05, 3.63) is 29.3 Å². The molecule has 4 heteroatoms. The number of rotatable bonds is 4. The third-order valence-electron chi connectivity index (χ3n) is 3.66. The Morgan fingerprint density at radius 1 is 1.33 bits per heavy atom. The first-order valence-corrected chi connectivity index (χ1v) is 8.26. The fraction of sp³-hybridized carbons (Fsp3) is 0.571. The van der Waals surface area contributed by atoms with Gasteiger partial charge in [0.1, 0.15) is 0 Å². The summed E-state index contributed by atoms with van der Waals surface area (Å²) in [5, 5.41) is 0.632. The topological polar surface area (TPSA) is 43.1 Å². The summed E-state index contributed by atoms with van der Waals surface area (Å²) in [6.45, 7) is 0. The number of hydrogen-bond acceptors (Lipinski definition) is 2. The van der Waals surface area contributed by atoms with Gasteiger partial charge in [-0.1, -0.05) is 36.9 Å². The normalized spacial score (nSPS) is 20.6. The van der Waals surface area contributed by atoms with Gasteiger partial charge < -0.3 is 5.73 Å². The van der Waals surface area contributed by atoms with Gasteiger partial charge in [-0.3, -0.25) is 4.21 Å². The third-order valence-corrected chi connectivity index (χ3v) is 5.36. The van der Waals surface area contributed by atoms with Crippen molar-refractivity contribution in [1.82, 2.24) is 0 Å². The predicted octanol–water partition coefficient (Wildman–Crippen LogP) is 3.36. The Morgan fingerprint density at radius 2 is 2.06 bits per heavy atom. The van der Waals surface area contributed by atoms with Crippen LogP contribution >= 0.6 is 11.6 Å². The smallest absolute Gasteiger partial charge is 0.0545 e. The lowest BCUT2D eigenvalue weighted by molar-refractivity contribution is 0.318. The van der Waals surface area contributed by atoms with E-state index in [1.54, 1.807) is 12.1 Å². The lowest BCUT2D eigenvalue weighted by Crippen LogP contribution is -2.36. The van der Waals surface area contributed by atoms with Crippen LogP contribution in [0.2, 0.25) is 5.02 Å². The zero-order valence-corrected chi connectivity index (χ0v) is 12.1. The van der Waals surface area contributed by atoms with E-state index in [1.165, 1.54) is 32.1 Å². The Labute approximate surface area is 116 Å². The summed E-state index contributed by atoms with van der Waals surface area (Å²) in [5.41, 5.74) is 6.20. The van der Waals surface area contributed by atoms with E-state index in [1.807, 2.05) is 12.1 Å². The molecule has 18 heavy (non-hydrogen) atoms. The van der Waals surface area contributed by atoms with Gasteiger partial charge in [0.25, 0.3) is 0 Å². The molecule has 2 unspecified atom stereocenters. The van der Waals surface area contributed by atoms with E-state index in [4.69, 9.17) is 17.3 Å². The van der Waals surface area contributed by atoms with Crippen LogP contribution in [0, 0.1) is 5.92 Å². The summed E-state index contributed by atoms with van der Waals surface area (Å²) >= 11 is 5.91. The zero-order valence-electron chi connectivity index (χ0n) is 10.5. The van der Waals surface area contributed by atoms with Gasteiger partial charge in [0.2, 0.25) is 0 Å². The molecule has 2 nitrogen and oxygen atoms in total. The molecule has 2 atom stereocenters. The molecule has 0 saturated heterocycles. The zero-order chi connectivity index (χ0) is 13.0. The summed E-state index contributed by atoms with van der Waals surface area (Å²) in [5.74, 6) is 1.09. The molecule has 1 fully saturated rings. The fourth-order valence-corrected chi connectivity index (χ4v) is 4.14. The summed E-state index contributed by atoms with van der Waals surface area (Å²) in [6, 6.07) is 7.30. The summed E-state index contributed by atoms with van der Waals surface area (Å²) in [7, 11) is -1.03. The Balaban J connectivity index is 1.94. The van der Waals surface area contributed by atoms with Crippen LogP contribution in [-0.2, 0) is 10.8 Å². The van der Waals surface area contributed by atoms with Crippen LogP contribution in [0.5, 0.6) is 0 Å². The van der Waals surface area contributed by atoms with Gasteiger partial charge >= 0.3 is 0 Å². The molecule has 2 rings (SSSR count). The first kappa shape index (κ1) is 14.0. The van der Waals surface area contributed by atoms with Crippen molar-refractivity contribution in [2.24, 2.45) is 11.7 Å². The lowest BCUT2D eigenvalue weighted by Gasteiger charge is -2.27. The molecule has 0 aliphatic heterocycles. The maximum absolute atomic E-state index is 12.2. The molecule has 1 saturated carbocycles. The minimum absolute atomic E-state index is 0.0464. The molecule has 1 aromatic rings. The lowest BCUT2D eigenvalue weighted by atomic mass is 9.85. The second kappa shape index (κ2) is 6.69. The average Bonchev–Trinajstić information content (AvgIpc) is 2.39. The molecule has 0 bridgehead atoms. The third kappa shape index (κ3) is 3.81. The van der Waals surface area contributed by atoms with Crippen LogP contribution in [0.4, 0.5) is 0 Å². The van der Waals surface area contributed by atoms with Crippen LogP contribution in [0.15, 0.2) is 29.2 Å². The highest BCUT2D eigenvalue weighted by molar-refractivity contribution is 7.85. The predicted molar refractivity (Wildman–Crippen MR) is 77.3 cm³/mol. The monoisotopic (exact) mass is 285 g/mol.